The van der Waals surface area contributed by atoms with Gasteiger partial charge in [0.1, 0.15) is 5.82 Å². The molecule has 0 spiro atoms. The second kappa shape index (κ2) is 9.17. The third-order valence-corrected chi connectivity index (χ3v) is 5.98. The smallest absolute Gasteiger partial charge is 0.124 e. The van der Waals surface area contributed by atoms with E-state index >= 15 is 0 Å². The summed E-state index contributed by atoms with van der Waals surface area (Å²) in [6, 6.07) is 13.5. The summed E-state index contributed by atoms with van der Waals surface area (Å²) in [5, 5.41) is 0. The molecule has 27 heavy (non-hydrogen) atoms. The second-order valence-corrected chi connectivity index (χ2v) is 7.85. The number of hydrogen-bond acceptors (Lipinski definition) is 5. The van der Waals surface area contributed by atoms with Crippen LogP contribution in [0.2, 0.25) is 0 Å². The maximum atomic E-state index is 14.3. The van der Waals surface area contributed by atoms with Crippen LogP contribution in [-0.4, -0.2) is 27.4 Å². The minimum Gasteiger partial charge on any atom is -0.381 e. The van der Waals surface area contributed by atoms with Crippen LogP contribution in [-0.2, 0) is 19.9 Å². The highest BCUT2D eigenvalue weighted by Crippen LogP contribution is 2.39. The van der Waals surface area contributed by atoms with E-state index in [-0.39, 0.29) is 11.9 Å². The van der Waals surface area contributed by atoms with Gasteiger partial charge in [0.05, 0.1) is 18.8 Å². The highest BCUT2D eigenvalue weighted by molar-refractivity contribution is 7.99. The van der Waals surface area contributed by atoms with Gasteiger partial charge in [0, 0.05) is 43.0 Å². The summed E-state index contributed by atoms with van der Waals surface area (Å²) in [5.41, 5.74) is 4.45. The first-order valence-corrected chi connectivity index (χ1v) is 9.88. The van der Waals surface area contributed by atoms with Gasteiger partial charge in [0.25, 0.3) is 0 Å². The van der Waals surface area contributed by atoms with Crippen LogP contribution in [0.1, 0.15) is 36.9 Å². The molecule has 4 nitrogen and oxygen atoms in total. The molecule has 0 saturated carbocycles. The van der Waals surface area contributed by atoms with Crippen LogP contribution in [0.5, 0.6) is 0 Å². The van der Waals surface area contributed by atoms with Crippen molar-refractivity contribution in [3.63, 3.8) is 0 Å². The van der Waals surface area contributed by atoms with E-state index in [1.54, 1.807) is 38.1 Å². The zero-order valence-electron chi connectivity index (χ0n) is 16.0. The third-order valence-electron chi connectivity index (χ3n) is 5.00. The van der Waals surface area contributed by atoms with E-state index in [0.29, 0.717) is 13.2 Å². The molecular formula is C21H26FNO3S. The molecule has 1 saturated heterocycles. The van der Waals surface area contributed by atoms with E-state index in [1.165, 1.54) is 0 Å². The number of benzene rings is 2. The number of rotatable bonds is 7. The molecule has 0 amide bonds. The summed E-state index contributed by atoms with van der Waals surface area (Å²) >= 11 is 1.54. The first-order valence-electron chi connectivity index (χ1n) is 9.06. The monoisotopic (exact) mass is 391 g/mol. The fourth-order valence-corrected chi connectivity index (χ4v) is 4.30. The molecule has 6 heteroatoms. The van der Waals surface area contributed by atoms with Gasteiger partial charge in [-0.05, 0) is 48.4 Å². The average molecular weight is 392 g/mol. The predicted octanol–water partition coefficient (Wildman–Crippen LogP) is 4.84. The van der Waals surface area contributed by atoms with Crippen molar-refractivity contribution in [3.8, 4) is 0 Å². The van der Waals surface area contributed by atoms with Gasteiger partial charge in [-0.1, -0.05) is 23.9 Å². The molecule has 0 aromatic heterocycles. The van der Waals surface area contributed by atoms with Gasteiger partial charge in [-0.15, -0.1) is 0 Å². The lowest BCUT2D eigenvalue weighted by molar-refractivity contribution is -0.0950. The average Bonchev–Trinajstić information content (AvgIpc) is 2.69. The van der Waals surface area contributed by atoms with Crippen LogP contribution in [0.25, 0.3) is 0 Å². The van der Waals surface area contributed by atoms with E-state index in [4.69, 9.17) is 14.3 Å². The van der Waals surface area contributed by atoms with Crippen LogP contribution in [0.3, 0.4) is 0 Å². The number of halogens is 1. The minimum absolute atomic E-state index is 0.102. The fraction of sp³-hybridized carbons (Fsp3) is 0.429. The lowest BCUT2D eigenvalue weighted by Gasteiger charge is -2.36. The van der Waals surface area contributed by atoms with E-state index < -0.39 is 5.60 Å². The minimum atomic E-state index is -0.471. The number of hydroxylamine groups is 1. The first kappa shape index (κ1) is 20.3. The quantitative estimate of drug-likeness (QED) is 0.684. The van der Waals surface area contributed by atoms with Crippen LogP contribution >= 0.6 is 11.8 Å². The Morgan fingerprint density at radius 3 is 2.41 bits per heavy atom. The maximum Gasteiger partial charge on any atom is 0.124 e. The summed E-state index contributed by atoms with van der Waals surface area (Å²) in [5.74, 6) is -0.243. The first-order chi connectivity index (χ1) is 13.1. The predicted molar refractivity (Wildman–Crippen MR) is 104 cm³/mol. The van der Waals surface area contributed by atoms with E-state index in [2.05, 4.69) is 5.48 Å². The van der Waals surface area contributed by atoms with Crippen LogP contribution < -0.4 is 5.48 Å². The van der Waals surface area contributed by atoms with Crippen LogP contribution in [0, 0.1) is 5.82 Å². The molecule has 0 aliphatic carbocycles. The Hall–Kier alpha value is -1.44. The summed E-state index contributed by atoms with van der Waals surface area (Å²) in [7, 11) is 3.30. The normalized spacial score (nSPS) is 17.6. The van der Waals surface area contributed by atoms with Gasteiger partial charge < -0.3 is 14.3 Å². The van der Waals surface area contributed by atoms with Gasteiger partial charge in [0.2, 0.25) is 0 Å². The Morgan fingerprint density at radius 2 is 1.78 bits per heavy atom. The topological polar surface area (TPSA) is 39.7 Å². The molecule has 0 radical (unpaired) electrons. The molecule has 1 unspecified atom stereocenters. The Balaban J connectivity index is 1.80. The number of ether oxygens (including phenoxy) is 2. The molecule has 1 atom stereocenters. The zero-order chi connectivity index (χ0) is 19.3. The molecule has 3 rings (SSSR count). The van der Waals surface area contributed by atoms with Gasteiger partial charge >= 0.3 is 0 Å². The summed E-state index contributed by atoms with van der Waals surface area (Å²) < 4.78 is 25.6. The Bertz CT molecular complexity index is 748. The van der Waals surface area contributed by atoms with Crippen LogP contribution in [0.4, 0.5) is 4.39 Å². The highest BCUT2D eigenvalue weighted by Gasteiger charge is 2.35. The van der Waals surface area contributed by atoms with Crippen LogP contribution in [0.15, 0.2) is 52.3 Å². The molecular weight excluding hydrogens is 365 g/mol. The highest BCUT2D eigenvalue weighted by atomic mass is 32.2. The molecule has 1 heterocycles. The van der Waals surface area contributed by atoms with Crippen molar-refractivity contribution >= 4 is 11.8 Å². The van der Waals surface area contributed by atoms with Gasteiger partial charge in [-0.3, -0.25) is 0 Å². The molecule has 1 aliphatic rings. The van der Waals surface area contributed by atoms with Gasteiger partial charge in [-0.25, -0.2) is 4.39 Å². The lowest BCUT2D eigenvalue weighted by Crippen LogP contribution is -2.35. The summed E-state index contributed by atoms with van der Waals surface area (Å²) in [6.07, 6.45) is 1.46. The molecule has 146 valence electrons. The standard InChI is InChI=1S/C21H26FNO3S/c1-15(23-25-3)16-4-6-19(7-5-16)27-20-13-17(12-18(22)14-20)21(24-2)8-10-26-11-9-21/h4-7,12-15,23H,8-11H2,1-3H3. The Labute approximate surface area is 164 Å². The van der Waals surface area contributed by atoms with Gasteiger partial charge in [-0.2, -0.15) is 5.48 Å². The molecule has 1 fully saturated rings. The summed E-state index contributed by atoms with van der Waals surface area (Å²) in [6.45, 7) is 3.28. The number of methoxy groups -OCH3 is 1. The van der Waals surface area contributed by atoms with E-state index in [9.17, 15) is 4.39 Å². The molecule has 1 aliphatic heterocycles. The zero-order valence-corrected chi connectivity index (χ0v) is 16.8. The fourth-order valence-electron chi connectivity index (χ4n) is 3.40. The maximum absolute atomic E-state index is 14.3. The van der Waals surface area contributed by atoms with E-state index in [1.807, 2.05) is 37.3 Å². The van der Waals surface area contributed by atoms with Crippen molar-refractivity contribution in [2.75, 3.05) is 27.4 Å². The van der Waals surface area contributed by atoms with Crippen molar-refractivity contribution < 1.29 is 18.7 Å². The SMILES string of the molecule is CONC(C)c1ccc(Sc2cc(F)cc(C3(OC)CCOCC3)c2)cc1. The summed E-state index contributed by atoms with van der Waals surface area (Å²) in [4.78, 5) is 6.89. The third kappa shape index (κ3) is 4.89. The van der Waals surface area contributed by atoms with Crippen molar-refractivity contribution in [1.29, 1.82) is 0 Å². The largest absolute Gasteiger partial charge is 0.381 e. The lowest BCUT2D eigenvalue weighted by atomic mass is 9.86. The Kier molecular flexibility index (Phi) is 6.89. The second-order valence-electron chi connectivity index (χ2n) is 6.70. The molecule has 0 bridgehead atoms. The molecule has 2 aromatic carbocycles. The van der Waals surface area contributed by atoms with Crippen molar-refractivity contribution in [3.05, 3.63) is 59.4 Å². The Morgan fingerprint density at radius 1 is 1.07 bits per heavy atom. The van der Waals surface area contributed by atoms with Crippen molar-refractivity contribution in [2.24, 2.45) is 0 Å². The van der Waals surface area contributed by atoms with Crippen molar-refractivity contribution in [2.45, 2.75) is 41.2 Å². The number of nitrogens with one attached hydrogen (secondary N) is 1. The van der Waals surface area contributed by atoms with Crippen molar-refractivity contribution in [1.82, 2.24) is 5.48 Å². The molecule has 1 N–H and O–H groups in total. The van der Waals surface area contributed by atoms with E-state index in [0.717, 1.165) is 33.8 Å². The molecule has 2 aromatic rings. The number of hydrogen-bond donors (Lipinski definition) is 1. The van der Waals surface area contributed by atoms with Gasteiger partial charge in [0.15, 0.2) is 0 Å².